The average Bonchev–Trinajstić information content (AvgIpc) is 3.15. The molecule has 4 heterocycles. The maximum absolute atomic E-state index is 5.84. The van der Waals surface area contributed by atoms with Gasteiger partial charge in [-0.3, -0.25) is 4.98 Å². The zero-order valence-corrected chi connectivity index (χ0v) is 18.8. The van der Waals surface area contributed by atoms with Crippen molar-refractivity contribution in [3.8, 4) is 11.1 Å². The van der Waals surface area contributed by atoms with Crippen molar-refractivity contribution in [1.82, 2.24) is 20.1 Å². The molecule has 0 bridgehead atoms. The molecule has 2 atom stereocenters. The highest BCUT2D eigenvalue weighted by atomic mass is 16.5. The van der Waals surface area contributed by atoms with E-state index in [2.05, 4.69) is 47.4 Å². The molecule has 2 aliphatic rings. The fourth-order valence-corrected chi connectivity index (χ4v) is 5.20. The monoisotopic (exact) mass is 428 g/mol. The molecule has 0 amide bonds. The number of fused-ring (bicyclic) bond motifs is 1. The second kappa shape index (κ2) is 7.55. The third-order valence-electron chi connectivity index (χ3n) is 6.92. The third-order valence-corrected chi connectivity index (χ3v) is 6.92. The second-order valence-corrected chi connectivity index (χ2v) is 9.36. The number of H-pyrrole nitrogens is 1. The Bertz CT molecular complexity index is 1280. The molecule has 32 heavy (non-hydrogen) atoms. The second-order valence-electron chi connectivity index (χ2n) is 9.36. The number of hydrogen-bond acceptors (Lipinski definition) is 5. The molecular formula is C26H28N4O2. The van der Waals surface area contributed by atoms with E-state index < -0.39 is 0 Å². The number of aromatic nitrogens is 4. The van der Waals surface area contributed by atoms with Crippen LogP contribution in [0.15, 0.2) is 34.9 Å². The van der Waals surface area contributed by atoms with Crippen LogP contribution in [0.4, 0.5) is 0 Å². The van der Waals surface area contributed by atoms with E-state index in [1.807, 2.05) is 13.8 Å². The molecule has 3 aromatic heterocycles. The average molecular weight is 429 g/mol. The van der Waals surface area contributed by atoms with Crippen LogP contribution >= 0.6 is 0 Å². The lowest BCUT2D eigenvalue weighted by Crippen LogP contribution is -2.17. The van der Waals surface area contributed by atoms with Crippen LogP contribution in [0.3, 0.4) is 0 Å². The standard InChI is InChI=1S/C26H28N4O2/c1-14-5-4-6-21(27-14)24(18-9-10-31-13-18)20-11-19(23-15(2)30-32-16(23)3)12-22-25(20)29-26(28-22)17-7-8-17/h4-6,11-12,17-18,24H,7-10,13H2,1-3H3,(H,28,29). The minimum atomic E-state index is 0.121. The molecule has 164 valence electrons. The van der Waals surface area contributed by atoms with Gasteiger partial charge in [-0.05, 0) is 81.3 Å². The molecule has 1 aromatic carbocycles. The summed E-state index contributed by atoms with van der Waals surface area (Å²) in [6.45, 7) is 7.58. The van der Waals surface area contributed by atoms with Gasteiger partial charge in [-0.2, -0.15) is 0 Å². The van der Waals surface area contributed by atoms with Crippen LogP contribution in [0, 0.1) is 26.7 Å². The van der Waals surface area contributed by atoms with Gasteiger partial charge in [-0.25, -0.2) is 4.98 Å². The number of nitrogens with zero attached hydrogens (tertiary/aromatic N) is 3. The highest BCUT2D eigenvalue weighted by Crippen LogP contribution is 2.44. The first kappa shape index (κ1) is 19.7. The fourth-order valence-electron chi connectivity index (χ4n) is 5.20. The lowest BCUT2D eigenvalue weighted by atomic mass is 9.81. The van der Waals surface area contributed by atoms with Crippen molar-refractivity contribution in [2.24, 2.45) is 5.92 Å². The molecule has 0 spiro atoms. The van der Waals surface area contributed by atoms with Crippen LogP contribution < -0.4 is 0 Å². The molecular weight excluding hydrogens is 400 g/mol. The predicted molar refractivity (Wildman–Crippen MR) is 123 cm³/mol. The summed E-state index contributed by atoms with van der Waals surface area (Å²) in [5.41, 5.74) is 8.57. The summed E-state index contributed by atoms with van der Waals surface area (Å²) >= 11 is 0. The minimum absolute atomic E-state index is 0.121. The van der Waals surface area contributed by atoms with E-state index in [1.54, 1.807) is 0 Å². The number of aryl methyl sites for hydroxylation is 3. The molecule has 1 saturated heterocycles. The minimum Gasteiger partial charge on any atom is -0.381 e. The highest BCUT2D eigenvalue weighted by Gasteiger charge is 2.34. The molecule has 2 unspecified atom stereocenters. The van der Waals surface area contributed by atoms with Crippen LogP contribution in [0.2, 0.25) is 0 Å². The molecule has 0 radical (unpaired) electrons. The Hall–Kier alpha value is -2.99. The molecule has 1 aliphatic carbocycles. The topological polar surface area (TPSA) is 76.8 Å². The molecule has 6 heteroatoms. The Morgan fingerprint density at radius 2 is 1.94 bits per heavy atom. The quantitative estimate of drug-likeness (QED) is 0.449. The fraction of sp³-hybridized carbons (Fsp3) is 0.423. The van der Waals surface area contributed by atoms with Crippen molar-refractivity contribution >= 4 is 11.0 Å². The van der Waals surface area contributed by atoms with E-state index in [0.717, 1.165) is 70.5 Å². The van der Waals surface area contributed by atoms with Gasteiger partial charge in [-0.15, -0.1) is 0 Å². The van der Waals surface area contributed by atoms with Crippen LogP contribution in [0.25, 0.3) is 22.2 Å². The van der Waals surface area contributed by atoms with Crippen LogP contribution in [0.1, 0.15) is 65.3 Å². The van der Waals surface area contributed by atoms with Crippen LogP contribution in [0.5, 0.6) is 0 Å². The largest absolute Gasteiger partial charge is 0.381 e. The molecule has 2 fully saturated rings. The zero-order chi connectivity index (χ0) is 21.8. The maximum Gasteiger partial charge on any atom is 0.141 e. The lowest BCUT2D eigenvalue weighted by Gasteiger charge is -2.24. The van der Waals surface area contributed by atoms with E-state index in [9.17, 15) is 0 Å². The summed E-state index contributed by atoms with van der Waals surface area (Å²) in [5.74, 6) is 2.99. The van der Waals surface area contributed by atoms with E-state index in [1.165, 1.54) is 18.4 Å². The van der Waals surface area contributed by atoms with Crippen molar-refractivity contribution in [3.63, 3.8) is 0 Å². The van der Waals surface area contributed by atoms with Crippen LogP contribution in [-0.4, -0.2) is 33.3 Å². The Balaban J connectivity index is 1.61. The molecule has 1 saturated carbocycles. The predicted octanol–water partition coefficient (Wildman–Crippen LogP) is 5.58. The number of pyridine rings is 1. The first-order valence-corrected chi connectivity index (χ1v) is 11.6. The van der Waals surface area contributed by atoms with Crippen molar-refractivity contribution in [3.05, 3.63) is 64.6 Å². The Morgan fingerprint density at radius 1 is 1.06 bits per heavy atom. The summed E-state index contributed by atoms with van der Waals surface area (Å²) < 4.78 is 11.3. The van der Waals surface area contributed by atoms with Crippen LogP contribution in [-0.2, 0) is 4.74 Å². The van der Waals surface area contributed by atoms with Gasteiger partial charge >= 0.3 is 0 Å². The van der Waals surface area contributed by atoms with Crippen molar-refractivity contribution in [1.29, 1.82) is 0 Å². The summed E-state index contributed by atoms with van der Waals surface area (Å²) in [4.78, 5) is 13.7. The zero-order valence-electron chi connectivity index (χ0n) is 18.8. The van der Waals surface area contributed by atoms with Gasteiger partial charge in [-0.1, -0.05) is 11.2 Å². The summed E-state index contributed by atoms with van der Waals surface area (Å²) in [7, 11) is 0. The molecule has 1 aliphatic heterocycles. The SMILES string of the molecule is Cc1cccc(C(c2cc(-c3c(C)noc3C)cc3[nH]c(C4CC4)nc23)C2CCOC2)n1. The van der Waals surface area contributed by atoms with E-state index in [-0.39, 0.29) is 5.92 Å². The first-order chi connectivity index (χ1) is 15.6. The number of benzene rings is 1. The highest BCUT2D eigenvalue weighted by molar-refractivity contribution is 5.87. The van der Waals surface area contributed by atoms with E-state index in [4.69, 9.17) is 19.2 Å². The van der Waals surface area contributed by atoms with Gasteiger partial charge in [0.2, 0.25) is 0 Å². The smallest absolute Gasteiger partial charge is 0.141 e. The van der Waals surface area contributed by atoms with Gasteiger partial charge in [0.05, 0.1) is 23.3 Å². The van der Waals surface area contributed by atoms with Gasteiger partial charge < -0.3 is 14.2 Å². The van der Waals surface area contributed by atoms with Gasteiger partial charge in [0, 0.05) is 35.4 Å². The summed E-state index contributed by atoms with van der Waals surface area (Å²) in [6, 6.07) is 10.8. The van der Waals surface area contributed by atoms with Crippen molar-refractivity contribution in [2.75, 3.05) is 13.2 Å². The summed E-state index contributed by atoms with van der Waals surface area (Å²) in [5, 5.41) is 4.20. The van der Waals surface area contributed by atoms with Crippen molar-refractivity contribution in [2.45, 2.75) is 51.9 Å². The number of hydrogen-bond donors (Lipinski definition) is 1. The Labute approximate surface area is 187 Å². The van der Waals surface area contributed by atoms with E-state index in [0.29, 0.717) is 11.8 Å². The number of aromatic amines is 1. The normalized spacial score (nSPS) is 19.7. The first-order valence-electron chi connectivity index (χ1n) is 11.6. The number of nitrogens with one attached hydrogen (secondary N) is 1. The number of rotatable bonds is 5. The van der Waals surface area contributed by atoms with Gasteiger partial charge in [0.1, 0.15) is 11.6 Å². The molecule has 1 N–H and O–H groups in total. The summed E-state index contributed by atoms with van der Waals surface area (Å²) in [6.07, 6.45) is 3.45. The van der Waals surface area contributed by atoms with Gasteiger partial charge in [0.25, 0.3) is 0 Å². The van der Waals surface area contributed by atoms with E-state index >= 15 is 0 Å². The maximum atomic E-state index is 5.84. The van der Waals surface area contributed by atoms with Gasteiger partial charge in [0.15, 0.2) is 0 Å². The number of imidazole rings is 1. The Kier molecular flexibility index (Phi) is 4.65. The number of ether oxygens (including phenoxy) is 1. The lowest BCUT2D eigenvalue weighted by molar-refractivity contribution is 0.183. The molecule has 4 aromatic rings. The molecule has 6 rings (SSSR count). The Morgan fingerprint density at radius 3 is 2.62 bits per heavy atom. The molecule has 6 nitrogen and oxygen atoms in total. The van der Waals surface area contributed by atoms with Crippen molar-refractivity contribution < 1.29 is 9.26 Å². The third kappa shape index (κ3) is 3.34.